The monoisotopic (exact) mass is 415 g/mol. The molecule has 7 nitrogen and oxygen atoms in total. The van der Waals surface area contributed by atoms with Crippen molar-refractivity contribution in [1.82, 2.24) is 9.88 Å². The number of nitrogens with zero attached hydrogens (tertiary/aromatic N) is 2. The third kappa shape index (κ3) is 3.96. The number of nitrogens with one attached hydrogen (secondary N) is 1. The maximum Gasteiger partial charge on any atom is 0.295 e. The Kier molecular flexibility index (Phi) is 5.49. The first-order chi connectivity index (χ1) is 14.1. The lowest BCUT2D eigenvalue weighted by Crippen LogP contribution is -2.30. The summed E-state index contributed by atoms with van der Waals surface area (Å²) in [7, 11) is 3.10. The van der Waals surface area contributed by atoms with E-state index in [1.54, 1.807) is 44.6 Å². The Hall–Kier alpha value is -2.93. The smallest absolute Gasteiger partial charge is 0.295 e. The molecule has 1 aromatic heterocycles. The molecule has 1 saturated heterocycles. The van der Waals surface area contributed by atoms with Crippen molar-refractivity contribution >= 4 is 34.6 Å². The van der Waals surface area contributed by atoms with Crippen molar-refractivity contribution in [2.24, 2.45) is 5.92 Å². The zero-order chi connectivity index (χ0) is 20.4. The number of anilines is 1. The first-order valence-electron chi connectivity index (χ1n) is 9.39. The molecule has 0 saturated carbocycles. The quantitative estimate of drug-likeness (QED) is 0.653. The van der Waals surface area contributed by atoms with Crippen molar-refractivity contribution in [3.05, 3.63) is 47.0 Å². The average Bonchev–Trinajstić information content (AvgIpc) is 3.37. The van der Waals surface area contributed by atoms with E-state index in [2.05, 4.69) is 10.3 Å². The molecule has 1 fully saturated rings. The third-order valence-electron chi connectivity index (χ3n) is 5.11. The van der Waals surface area contributed by atoms with Crippen LogP contribution in [0.4, 0.5) is 6.01 Å². The first-order valence-corrected chi connectivity index (χ1v) is 9.77. The van der Waals surface area contributed by atoms with Gasteiger partial charge in [-0.2, -0.15) is 4.98 Å². The Morgan fingerprint density at radius 1 is 1.28 bits per heavy atom. The van der Waals surface area contributed by atoms with Gasteiger partial charge in [-0.05, 0) is 36.6 Å². The molecule has 1 atom stereocenters. The molecule has 4 rings (SSSR count). The predicted octanol–water partition coefficient (Wildman–Crippen LogP) is 4.07. The number of amides is 1. The second kappa shape index (κ2) is 8.21. The van der Waals surface area contributed by atoms with Crippen LogP contribution in [0.2, 0.25) is 5.02 Å². The van der Waals surface area contributed by atoms with Crippen LogP contribution in [0.15, 0.2) is 40.8 Å². The number of oxazole rings is 1. The number of hydrogen-bond acceptors (Lipinski definition) is 6. The van der Waals surface area contributed by atoms with Crippen molar-refractivity contribution in [2.75, 3.05) is 39.2 Å². The molecule has 152 valence electrons. The summed E-state index contributed by atoms with van der Waals surface area (Å²) in [6.45, 7) is 1.97. The lowest BCUT2D eigenvalue weighted by molar-refractivity contribution is 0.0781. The van der Waals surface area contributed by atoms with E-state index in [4.69, 9.17) is 25.5 Å². The molecule has 1 aliphatic rings. The molecule has 0 radical (unpaired) electrons. The standard InChI is InChI=1S/C21H22ClN3O4/c1-27-16-4-3-5-17(28-2)19(16)20(26)25-9-8-13(12-25)11-23-21-24-15-7-6-14(22)10-18(15)29-21/h3-7,10,13H,8-9,11-12H2,1-2H3,(H,23,24). The van der Waals surface area contributed by atoms with Gasteiger partial charge in [-0.25, -0.2) is 0 Å². The van der Waals surface area contributed by atoms with Gasteiger partial charge in [0.1, 0.15) is 22.6 Å². The van der Waals surface area contributed by atoms with Crippen molar-refractivity contribution < 1.29 is 18.7 Å². The van der Waals surface area contributed by atoms with Gasteiger partial charge in [-0.15, -0.1) is 0 Å². The Bertz CT molecular complexity index is 1010. The van der Waals surface area contributed by atoms with Crippen LogP contribution >= 0.6 is 11.6 Å². The van der Waals surface area contributed by atoms with Gasteiger partial charge < -0.3 is 24.1 Å². The number of hydrogen-bond donors (Lipinski definition) is 1. The van der Waals surface area contributed by atoms with E-state index in [1.807, 2.05) is 11.0 Å². The minimum absolute atomic E-state index is 0.0849. The van der Waals surface area contributed by atoms with Crippen molar-refractivity contribution in [2.45, 2.75) is 6.42 Å². The molecule has 1 aliphatic heterocycles. The van der Waals surface area contributed by atoms with Gasteiger partial charge in [0.2, 0.25) is 0 Å². The molecule has 1 unspecified atom stereocenters. The van der Waals surface area contributed by atoms with Gasteiger partial charge in [-0.3, -0.25) is 4.79 Å². The van der Waals surface area contributed by atoms with Crippen LogP contribution in [0.5, 0.6) is 11.5 Å². The number of halogens is 1. The summed E-state index contributed by atoms with van der Waals surface area (Å²) in [5.74, 6) is 1.23. The molecule has 3 aromatic rings. The van der Waals surface area contributed by atoms with Crippen LogP contribution in [0, 0.1) is 5.92 Å². The molecule has 0 bridgehead atoms. The SMILES string of the molecule is COc1cccc(OC)c1C(=O)N1CCC(CNc2nc3ccc(Cl)cc3o2)C1. The molecule has 29 heavy (non-hydrogen) atoms. The Labute approximate surface area is 173 Å². The van der Waals surface area contributed by atoms with Crippen LogP contribution in [0.1, 0.15) is 16.8 Å². The van der Waals surface area contributed by atoms with Crippen LogP contribution in [0.3, 0.4) is 0 Å². The number of aromatic nitrogens is 1. The van der Waals surface area contributed by atoms with Crippen molar-refractivity contribution in [3.8, 4) is 11.5 Å². The van der Waals surface area contributed by atoms with Gasteiger partial charge in [0, 0.05) is 30.7 Å². The summed E-state index contributed by atoms with van der Waals surface area (Å²) in [5.41, 5.74) is 1.86. The number of methoxy groups -OCH3 is 2. The third-order valence-corrected chi connectivity index (χ3v) is 5.34. The maximum atomic E-state index is 13.1. The fourth-order valence-electron chi connectivity index (χ4n) is 3.61. The number of benzene rings is 2. The molecular formula is C21H22ClN3O4. The zero-order valence-corrected chi connectivity index (χ0v) is 17.0. The summed E-state index contributed by atoms with van der Waals surface area (Å²) in [6.07, 6.45) is 0.891. The second-order valence-corrected chi connectivity index (χ2v) is 7.39. The molecule has 2 aromatic carbocycles. The molecule has 0 aliphatic carbocycles. The minimum atomic E-state index is -0.0849. The number of carbonyl (C=O) groups excluding carboxylic acids is 1. The maximum absolute atomic E-state index is 13.1. The highest BCUT2D eigenvalue weighted by Crippen LogP contribution is 2.31. The minimum Gasteiger partial charge on any atom is -0.496 e. The Balaban J connectivity index is 1.40. The highest BCUT2D eigenvalue weighted by molar-refractivity contribution is 6.31. The fourth-order valence-corrected chi connectivity index (χ4v) is 3.77. The van der Waals surface area contributed by atoms with Crippen LogP contribution < -0.4 is 14.8 Å². The number of rotatable bonds is 6. The predicted molar refractivity (Wildman–Crippen MR) is 111 cm³/mol. The number of carbonyl (C=O) groups is 1. The van der Waals surface area contributed by atoms with Crippen LogP contribution in [-0.4, -0.2) is 49.6 Å². The van der Waals surface area contributed by atoms with Crippen molar-refractivity contribution in [3.63, 3.8) is 0 Å². The number of likely N-dealkylation sites (tertiary alicyclic amines) is 1. The highest BCUT2D eigenvalue weighted by Gasteiger charge is 2.30. The summed E-state index contributed by atoms with van der Waals surface area (Å²) in [5, 5.41) is 3.84. The second-order valence-electron chi connectivity index (χ2n) is 6.96. The van der Waals surface area contributed by atoms with E-state index in [9.17, 15) is 4.79 Å². The van der Waals surface area contributed by atoms with Gasteiger partial charge in [-0.1, -0.05) is 17.7 Å². The van der Waals surface area contributed by atoms with Gasteiger partial charge >= 0.3 is 0 Å². The van der Waals surface area contributed by atoms with E-state index in [0.717, 1.165) is 11.9 Å². The van der Waals surface area contributed by atoms with E-state index < -0.39 is 0 Å². The number of fused-ring (bicyclic) bond motifs is 1. The summed E-state index contributed by atoms with van der Waals surface area (Å²) >= 11 is 5.98. The van der Waals surface area contributed by atoms with E-state index in [-0.39, 0.29) is 5.91 Å². The molecule has 2 heterocycles. The number of ether oxygens (including phenoxy) is 2. The highest BCUT2D eigenvalue weighted by atomic mass is 35.5. The zero-order valence-electron chi connectivity index (χ0n) is 16.3. The topological polar surface area (TPSA) is 76.8 Å². The van der Waals surface area contributed by atoms with Crippen molar-refractivity contribution in [1.29, 1.82) is 0 Å². The Morgan fingerprint density at radius 2 is 2.03 bits per heavy atom. The summed E-state index contributed by atoms with van der Waals surface area (Å²) < 4.78 is 16.4. The lowest BCUT2D eigenvalue weighted by Gasteiger charge is -2.20. The van der Waals surface area contributed by atoms with Crippen LogP contribution in [0.25, 0.3) is 11.1 Å². The summed E-state index contributed by atoms with van der Waals surface area (Å²) in [4.78, 5) is 19.3. The van der Waals surface area contributed by atoms with Gasteiger partial charge in [0.25, 0.3) is 11.9 Å². The van der Waals surface area contributed by atoms with E-state index >= 15 is 0 Å². The fraction of sp³-hybridized carbons (Fsp3) is 0.333. The van der Waals surface area contributed by atoms with Crippen LogP contribution in [-0.2, 0) is 0 Å². The van der Waals surface area contributed by atoms with E-state index in [1.165, 1.54) is 0 Å². The van der Waals surface area contributed by atoms with Gasteiger partial charge in [0.15, 0.2) is 5.58 Å². The Morgan fingerprint density at radius 3 is 2.76 bits per heavy atom. The normalized spacial score (nSPS) is 16.2. The molecule has 0 spiro atoms. The molecule has 1 N–H and O–H groups in total. The van der Waals surface area contributed by atoms with E-state index in [0.29, 0.717) is 59.2 Å². The molecular weight excluding hydrogens is 394 g/mol. The molecule has 8 heteroatoms. The first kappa shape index (κ1) is 19.4. The van der Waals surface area contributed by atoms with Gasteiger partial charge in [0.05, 0.1) is 14.2 Å². The average molecular weight is 416 g/mol. The lowest BCUT2D eigenvalue weighted by atomic mass is 10.1. The largest absolute Gasteiger partial charge is 0.496 e. The molecule has 1 amide bonds. The summed E-state index contributed by atoms with van der Waals surface area (Å²) in [6, 6.07) is 11.1.